The second-order valence-electron chi connectivity index (χ2n) is 7.99. The molecular formula is C23H26N4O. The number of nitrogens with one attached hydrogen (secondary N) is 1. The van der Waals surface area contributed by atoms with E-state index in [2.05, 4.69) is 48.3 Å². The number of fused-ring (bicyclic) bond motifs is 3. The number of ether oxygens (including phenoxy) is 1. The van der Waals surface area contributed by atoms with Gasteiger partial charge in [-0.3, -0.25) is 5.10 Å². The number of aryl methyl sites for hydroxylation is 3. The lowest BCUT2D eigenvalue weighted by Gasteiger charge is -2.30. The van der Waals surface area contributed by atoms with Crippen LogP contribution in [0.3, 0.4) is 0 Å². The van der Waals surface area contributed by atoms with Gasteiger partial charge in [-0.2, -0.15) is 0 Å². The van der Waals surface area contributed by atoms with Crippen molar-refractivity contribution < 1.29 is 4.74 Å². The van der Waals surface area contributed by atoms with E-state index in [0.29, 0.717) is 11.8 Å². The molecule has 0 saturated heterocycles. The van der Waals surface area contributed by atoms with Gasteiger partial charge in [0.05, 0.1) is 5.56 Å². The molecule has 5 rings (SSSR count). The van der Waals surface area contributed by atoms with Crippen molar-refractivity contribution in [2.45, 2.75) is 58.3 Å². The number of aromatic amines is 1. The van der Waals surface area contributed by atoms with Crippen LogP contribution in [0.5, 0.6) is 11.8 Å². The summed E-state index contributed by atoms with van der Waals surface area (Å²) in [6, 6.07) is 8.71. The van der Waals surface area contributed by atoms with E-state index in [1.54, 1.807) is 0 Å². The van der Waals surface area contributed by atoms with Crippen LogP contribution in [0.2, 0.25) is 0 Å². The lowest BCUT2D eigenvalue weighted by atomic mass is 9.80. The van der Waals surface area contributed by atoms with E-state index >= 15 is 0 Å². The monoisotopic (exact) mass is 374 g/mol. The van der Waals surface area contributed by atoms with E-state index in [1.807, 2.05) is 0 Å². The van der Waals surface area contributed by atoms with Gasteiger partial charge in [-0.1, -0.05) is 43.2 Å². The fourth-order valence-electron chi connectivity index (χ4n) is 4.63. The number of hydrogen-bond acceptors (Lipinski definition) is 4. The zero-order valence-corrected chi connectivity index (χ0v) is 16.5. The maximum Gasteiger partial charge on any atom is 0.244 e. The quantitative estimate of drug-likeness (QED) is 0.539. The summed E-state index contributed by atoms with van der Waals surface area (Å²) < 4.78 is 6.19. The molecule has 5 heteroatoms. The van der Waals surface area contributed by atoms with Gasteiger partial charge in [-0.25, -0.2) is 4.98 Å². The Hall–Kier alpha value is -2.82. The van der Waals surface area contributed by atoms with Gasteiger partial charge >= 0.3 is 0 Å². The van der Waals surface area contributed by atoms with E-state index in [9.17, 15) is 0 Å². The van der Waals surface area contributed by atoms with E-state index in [-0.39, 0.29) is 5.92 Å². The molecule has 0 amide bonds. The van der Waals surface area contributed by atoms with Crippen LogP contribution < -0.4 is 10.5 Å². The summed E-state index contributed by atoms with van der Waals surface area (Å²) in [5.41, 5.74) is 15.7. The number of rotatable bonds is 3. The summed E-state index contributed by atoms with van der Waals surface area (Å²) in [6.07, 6.45) is 6.28. The first-order chi connectivity index (χ1) is 13.7. The molecule has 0 spiro atoms. The largest absolute Gasteiger partial charge is 0.418 e. The number of anilines is 1. The Labute approximate surface area is 165 Å². The van der Waals surface area contributed by atoms with Crippen molar-refractivity contribution in [1.82, 2.24) is 15.2 Å². The number of H-pyrrole nitrogens is 1. The van der Waals surface area contributed by atoms with Gasteiger partial charge in [-0.05, 0) is 50.2 Å². The maximum absolute atomic E-state index is 6.78. The minimum Gasteiger partial charge on any atom is -0.418 e. The molecule has 3 heterocycles. The molecule has 5 nitrogen and oxygen atoms in total. The highest BCUT2D eigenvalue weighted by Gasteiger charge is 2.37. The number of benzene rings is 1. The standard InChI is InChI=1S/C23H26N4O/c1-3-6-17-19-18(14-11-9-13(2)10-12-14)20-21(24)15-7-4-5-8-16(15)25-22(20)28-23(19)27-26-17/h9-12,18H,3-8H2,1-2H3,(H2,24,25)(H,26,27). The smallest absolute Gasteiger partial charge is 0.244 e. The second kappa shape index (κ2) is 6.66. The third kappa shape index (κ3) is 2.60. The highest BCUT2D eigenvalue weighted by atomic mass is 16.5. The Morgan fingerprint density at radius 2 is 1.89 bits per heavy atom. The molecule has 0 saturated carbocycles. The van der Waals surface area contributed by atoms with Gasteiger partial charge in [0.15, 0.2) is 0 Å². The summed E-state index contributed by atoms with van der Waals surface area (Å²) in [4.78, 5) is 4.91. The number of pyridine rings is 1. The Kier molecular flexibility index (Phi) is 4.11. The van der Waals surface area contributed by atoms with Gasteiger partial charge in [-0.15, -0.1) is 5.10 Å². The van der Waals surface area contributed by atoms with Crippen molar-refractivity contribution in [3.63, 3.8) is 0 Å². The minimum atomic E-state index is -0.000577. The average Bonchev–Trinajstić information content (AvgIpc) is 3.10. The topological polar surface area (TPSA) is 76.8 Å². The van der Waals surface area contributed by atoms with Crippen molar-refractivity contribution in [2.75, 3.05) is 5.73 Å². The highest BCUT2D eigenvalue weighted by molar-refractivity contribution is 5.69. The number of nitrogen functional groups attached to an aromatic ring is 1. The second-order valence-corrected chi connectivity index (χ2v) is 7.99. The van der Waals surface area contributed by atoms with Crippen LogP contribution in [0.25, 0.3) is 0 Å². The molecule has 1 atom stereocenters. The Morgan fingerprint density at radius 1 is 1.11 bits per heavy atom. The SMILES string of the molecule is CCCc1[nH]nc2c1C(c1ccc(C)cc1)c1c(nc3c(c1N)CCCC3)O2. The minimum absolute atomic E-state index is 0.000577. The van der Waals surface area contributed by atoms with Crippen molar-refractivity contribution >= 4 is 5.69 Å². The molecule has 1 aliphatic carbocycles. The molecule has 144 valence electrons. The van der Waals surface area contributed by atoms with E-state index in [1.165, 1.54) is 23.1 Å². The molecule has 1 aromatic carbocycles. The molecule has 2 aliphatic rings. The number of nitrogens with zero attached hydrogens (tertiary/aromatic N) is 2. The predicted molar refractivity (Wildman–Crippen MR) is 110 cm³/mol. The summed E-state index contributed by atoms with van der Waals surface area (Å²) in [6.45, 7) is 4.29. The normalized spacial score (nSPS) is 17.4. The lowest BCUT2D eigenvalue weighted by Crippen LogP contribution is -2.19. The van der Waals surface area contributed by atoms with Crippen molar-refractivity contribution in [2.24, 2.45) is 0 Å². The van der Waals surface area contributed by atoms with Crippen LogP contribution in [-0.2, 0) is 19.3 Å². The molecule has 3 aromatic rings. The van der Waals surface area contributed by atoms with Crippen LogP contribution >= 0.6 is 0 Å². The summed E-state index contributed by atoms with van der Waals surface area (Å²) in [7, 11) is 0. The molecule has 28 heavy (non-hydrogen) atoms. The Bertz CT molecular complexity index is 1040. The first kappa shape index (κ1) is 17.3. The van der Waals surface area contributed by atoms with Gasteiger partial charge < -0.3 is 10.5 Å². The highest BCUT2D eigenvalue weighted by Crippen LogP contribution is 2.51. The first-order valence-electron chi connectivity index (χ1n) is 10.3. The van der Waals surface area contributed by atoms with Gasteiger partial charge in [0.25, 0.3) is 0 Å². The fraction of sp³-hybridized carbons (Fsp3) is 0.391. The summed E-state index contributed by atoms with van der Waals surface area (Å²) in [5, 5.41) is 7.69. The number of nitrogens with two attached hydrogens (primary N) is 1. The van der Waals surface area contributed by atoms with Crippen LogP contribution in [0.1, 0.15) is 71.3 Å². The fourth-order valence-corrected chi connectivity index (χ4v) is 4.63. The zero-order chi connectivity index (χ0) is 19.3. The molecule has 0 fully saturated rings. The summed E-state index contributed by atoms with van der Waals surface area (Å²) in [5.74, 6) is 1.27. The van der Waals surface area contributed by atoms with Crippen molar-refractivity contribution in [1.29, 1.82) is 0 Å². The van der Waals surface area contributed by atoms with Gasteiger partial charge in [0.2, 0.25) is 11.8 Å². The number of hydrogen-bond donors (Lipinski definition) is 2. The lowest BCUT2D eigenvalue weighted by molar-refractivity contribution is 0.414. The van der Waals surface area contributed by atoms with Crippen molar-refractivity contribution in [3.8, 4) is 11.8 Å². The van der Waals surface area contributed by atoms with Crippen LogP contribution in [0.4, 0.5) is 5.69 Å². The molecule has 2 aromatic heterocycles. The van der Waals surface area contributed by atoms with Gasteiger partial charge in [0, 0.05) is 28.6 Å². The van der Waals surface area contributed by atoms with E-state index in [4.69, 9.17) is 15.5 Å². The van der Waals surface area contributed by atoms with E-state index in [0.717, 1.165) is 60.3 Å². The van der Waals surface area contributed by atoms with Crippen LogP contribution in [0, 0.1) is 6.92 Å². The maximum atomic E-state index is 6.78. The molecule has 1 unspecified atom stereocenters. The average molecular weight is 374 g/mol. The summed E-state index contributed by atoms with van der Waals surface area (Å²) >= 11 is 0. The molecule has 3 N–H and O–H groups in total. The Balaban J connectivity index is 1.76. The van der Waals surface area contributed by atoms with E-state index < -0.39 is 0 Å². The molecular weight excluding hydrogens is 348 g/mol. The number of aromatic nitrogens is 3. The molecule has 0 bridgehead atoms. The Morgan fingerprint density at radius 3 is 2.68 bits per heavy atom. The predicted octanol–water partition coefficient (Wildman–Crippen LogP) is 4.81. The third-order valence-corrected chi connectivity index (χ3v) is 6.05. The van der Waals surface area contributed by atoms with Gasteiger partial charge in [0.1, 0.15) is 0 Å². The van der Waals surface area contributed by atoms with Crippen LogP contribution in [-0.4, -0.2) is 15.2 Å². The van der Waals surface area contributed by atoms with Crippen LogP contribution in [0.15, 0.2) is 24.3 Å². The first-order valence-corrected chi connectivity index (χ1v) is 10.3. The zero-order valence-electron chi connectivity index (χ0n) is 16.5. The third-order valence-electron chi connectivity index (χ3n) is 6.05. The van der Waals surface area contributed by atoms with Crippen molar-refractivity contribution in [3.05, 3.63) is 63.5 Å². The molecule has 1 aliphatic heterocycles. The molecule has 0 radical (unpaired) electrons.